The zero-order chi connectivity index (χ0) is 12.1. The molecule has 0 saturated heterocycles. The number of para-hydroxylation sites is 1. The summed E-state index contributed by atoms with van der Waals surface area (Å²) < 4.78 is 5.09. The fourth-order valence-corrected chi connectivity index (χ4v) is 1.73. The summed E-state index contributed by atoms with van der Waals surface area (Å²) in [6.45, 7) is 2.97. The van der Waals surface area contributed by atoms with Gasteiger partial charge in [-0.1, -0.05) is 31.9 Å². The van der Waals surface area contributed by atoms with Crippen molar-refractivity contribution in [1.29, 1.82) is 0 Å². The second-order valence-corrected chi connectivity index (χ2v) is 3.96. The molecule has 90 valence electrons. The summed E-state index contributed by atoms with van der Waals surface area (Å²) in [6.07, 6.45) is 3.40. The normalized spacial score (nSPS) is 10.6. The quantitative estimate of drug-likeness (QED) is 0.805. The van der Waals surface area contributed by atoms with E-state index in [1.165, 1.54) is 12.8 Å². The van der Waals surface area contributed by atoms with E-state index < -0.39 is 5.76 Å². The first-order valence-electron chi connectivity index (χ1n) is 5.95. The van der Waals surface area contributed by atoms with Gasteiger partial charge in [-0.25, -0.2) is 4.79 Å². The Hall–Kier alpha value is -1.84. The van der Waals surface area contributed by atoms with E-state index in [1.54, 1.807) is 0 Å². The summed E-state index contributed by atoms with van der Waals surface area (Å²) in [5, 5.41) is 4.01. The number of unbranched alkanes of at least 4 members (excludes halogenated alkanes) is 2. The van der Waals surface area contributed by atoms with E-state index in [0.29, 0.717) is 11.4 Å². The van der Waals surface area contributed by atoms with Gasteiger partial charge in [-0.3, -0.25) is 0 Å². The van der Waals surface area contributed by atoms with Crippen molar-refractivity contribution in [3.05, 3.63) is 34.8 Å². The van der Waals surface area contributed by atoms with Crippen molar-refractivity contribution in [3.63, 3.8) is 0 Å². The van der Waals surface area contributed by atoms with Crippen LogP contribution in [0.4, 0.5) is 5.88 Å². The van der Waals surface area contributed by atoms with E-state index in [1.807, 2.05) is 24.3 Å². The lowest BCUT2D eigenvalue weighted by molar-refractivity contribution is 0.504. The summed E-state index contributed by atoms with van der Waals surface area (Å²) >= 11 is 0. The highest BCUT2D eigenvalue weighted by molar-refractivity contribution is 5.87. The van der Waals surface area contributed by atoms with Crippen molar-refractivity contribution in [2.45, 2.75) is 26.2 Å². The maximum Gasteiger partial charge on any atom is 0.440 e. The Morgan fingerprint density at radius 1 is 1.29 bits per heavy atom. The topological polar surface area (TPSA) is 55.1 Å². The lowest BCUT2D eigenvalue weighted by Gasteiger charge is -2.06. The van der Waals surface area contributed by atoms with E-state index in [4.69, 9.17) is 4.42 Å². The van der Waals surface area contributed by atoms with Crippen molar-refractivity contribution in [1.82, 2.24) is 4.98 Å². The molecular formula is C13H16N2O2. The van der Waals surface area contributed by atoms with Gasteiger partial charge >= 0.3 is 5.76 Å². The predicted octanol–water partition coefficient (Wildman–Crippen LogP) is 2.79. The molecule has 1 N–H and O–H groups in total. The second-order valence-electron chi connectivity index (χ2n) is 3.96. The maximum absolute atomic E-state index is 11.3. The Morgan fingerprint density at radius 3 is 2.94 bits per heavy atom. The summed E-state index contributed by atoms with van der Waals surface area (Å²) in [5.41, 5.74) is 0.668. The predicted molar refractivity (Wildman–Crippen MR) is 68.3 cm³/mol. The van der Waals surface area contributed by atoms with E-state index in [9.17, 15) is 4.79 Å². The van der Waals surface area contributed by atoms with Gasteiger partial charge in [0.05, 0.1) is 10.9 Å². The van der Waals surface area contributed by atoms with Gasteiger partial charge in [0.2, 0.25) is 5.88 Å². The van der Waals surface area contributed by atoms with Crippen molar-refractivity contribution >= 4 is 16.8 Å². The van der Waals surface area contributed by atoms with Crippen LogP contribution >= 0.6 is 0 Å². The Bertz CT molecular complexity index is 548. The molecule has 1 heterocycles. The van der Waals surface area contributed by atoms with Crippen LogP contribution in [0.25, 0.3) is 10.9 Å². The molecule has 0 atom stereocenters. The van der Waals surface area contributed by atoms with Crippen molar-refractivity contribution in [2.24, 2.45) is 0 Å². The number of hydrogen-bond donors (Lipinski definition) is 1. The summed E-state index contributed by atoms with van der Waals surface area (Å²) in [6, 6.07) is 7.47. The molecule has 4 heteroatoms. The first-order chi connectivity index (χ1) is 8.31. The van der Waals surface area contributed by atoms with Gasteiger partial charge < -0.3 is 9.73 Å². The molecule has 0 amide bonds. The third-order valence-electron chi connectivity index (χ3n) is 2.62. The van der Waals surface area contributed by atoms with Crippen molar-refractivity contribution in [2.75, 3.05) is 11.9 Å². The smallest absolute Gasteiger partial charge is 0.391 e. The van der Waals surface area contributed by atoms with Crippen LogP contribution in [-0.2, 0) is 0 Å². The molecule has 0 aliphatic carbocycles. The number of anilines is 1. The molecule has 0 aliphatic rings. The van der Waals surface area contributed by atoms with Gasteiger partial charge in [0, 0.05) is 6.54 Å². The number of nitrogens with zero attached hydrogens (tertiary/aromatic N) is 1. The average molecular weight is 232 g/mol. The molecule has 0 spiro atoms. The van der Waals surface area contributed by atoms with Crippen LogP contribution in [-0.4, -0.2) is 11.5 Å². The SMILES string of the molecule is CCCCCNc1oc(=O)nc2ccccc12. The molecule has 17 heavy (non-hydrogen) atoms. The maximum atomic E-state index is 11.3. The zero-order valence-corrected chi connectivity index (χ0v) is 9.90. The molecule has 4 nitrogen and oxygen atoms in total. The van der Waals surface area contributed by atoms with Crippen LogP contribution in [0.5, 0.6) is 0 Å². The van der Waals surface area contributed by atoms with Crippen molar-refractivity contribution < 1.29 is 4.42 Å². The lowest BCUT2D eigenvalue weighted by atomic mass is 10.2. The molecule has 0 radical (unpaired) electrons. The molecule has 0 unspecified atom stereocenters. The molecule has 0 bridgehead atoms. The third-order valence-corrected chi connectivity index (χ3v) is 2.62. The standard InChI is InChI=1S/C13H16N2O2/c1-2-3-6-9-14-12-10-7-4-5-8-11(10)15-13(16)17-12/h4-5,7-8,14H,2-3,6,9H2,1H3. The Labute approximate surface area is 99.7 Å². The summed E-state index contributed by atoms with van der Waals surface area (Å²) in [4.78, 5) is 15.1. The number of rotatable bonds is 5. The fraction of sp³-hybridized carbons (Fsp3) is 0.385. The highest BCUT2D eigenvalue weighted by Crippen LogP contribution is 2.19. The second kappa shape index (κ2) is 5.48. The summed E-state index contributed by atoms with van der Waals surface area (Å²) in [7, 11) is 0. The van der Waals surface area contributed by atoms with E-state index in [2.05, 4.69) is 17.2 Å². The molecule has 1 aromatic heterocycles. The molecule has 0 saturated carbocycles. The molecule has 0 aliphatic heterocycles. The average Bonchev–Trinajstić information content (AvgIpc) is 2.34. The number of benzene rings is 1. The van der Waals surface area contributed by atoms with Gasteiger partial charge in [-0.05, 0) is 18.6 Å². The fourth-order valence-electron chi connectivity index (χ4n) is 1.73. The Morgan fingerprint density at radius 2 is 2.12 bits per heavy atom. The third kappa shape index (κ3) is 2.84. The van der Waals surface area contributed by atoms with Gasteiger partial charge in [0.15, 0.2) is 0 Å². The van der Waals surface area contributed by atoms with Crippen LogP contribution in [0.15, 0.2) is 33.5 Å². The monoisotopic (exact) mass is 232 g/mol. The minimum absolute atomic E-state index is 0.525. The van der Waals surface area contributed by atoms with E-state index in [-0.39, 0.29) is 0 Å². The first kappa shape index (κ1) is 11.6. The highest BCUT2D eigenvalue weighted by atomic mass is 16.4. The van der Waals surface area contributed by atoms with Gasteiger partial charge in [0.1, 0.15) is 0 Å². The molecule has 2 rings (SSSR count). The molecular weight excluding hydrogens is 216 g/mol. The largest absolute Gasteiger partial charge is 0.440 e. The van der Waals surface area contributed by atoms with Crippen molar-refractivity contribution in [3.8, 4) is 0 Å². The lowest BCUT2D eigenvalue weighted by Crippen LogP contribution is -2.09. The number of nitrogens with one attached hydrogen (secondary N) is 1. The first-order valence-corrected chi connectivity index (χ1v) is 5.95. The van der Waals surface area contributed by atoms with Crippen LogP contribution < -0.4 is 11.1 Å². The van der Waals surface area contributed by atoms with Gasteiger partial charge in [0.25, 0.3) is 0 Å². The number of hydrogen-bond acceptors (Lipinski definition) is 4. The van der Waals surface area contributed by atoms with Crippen LogP contribution in [0.2, 0.25) is 0 Å². The molecule has 0 fully saturated rings. The van der Waals surface area contributed by atoms with Gasteiger partial charge in [-0.2, -0.15) is 4.98 Å². The van der Waals surface area contributed by atoms with E-state index >= 15 is 0 Å². The minimum Gasteiger partial charge on any atom is -0.391 e. The highest BCUT2D eigenvalue weighted by Gasteiger charge is 2.05. The van der Waals surface area contributed by atoms with Crippen LogP contribution in [0.1, 0.15) is 26.2 Å². The van der Waals surface area contributed by atoms with Crippen LogP contribution in [0, 0.1) is 0 Å². The molecule has 2 aromatic rings. The molecule has 1 aromatic carbocycles. The zero-order valence-electron chi connectivity index (χ0n) is 9.90. The van der Waals surface area contributed by atoms with E-state index in [0.717, 1.165) is 18.4 Å². The number of fused-ring (bicyclic) bond motifs is 1. The summed E-state index contributed by atoms with van der Waals surface area (Å²) in [5.74, 6) is -0.0293. The Kier molecular flexibility index (Phi) is 3.75. The Balaban J connectivity index is 2.23. The minimum atomic E-state index is -0.554. The van der Waals surface area contributed by atoms with Gasteiger partial charge in [-0.15, -0.1) is 0 Å². The number of aromatic nitrogens is 1. The van der Waals surface area contributed by atoms with Crippen LogP contribution in [0.3, 0.4) is 0 Å².